The highest BCUT2D eigenvalue weighted by atomic mass is 16.2. The van der Waals surface area contributed by atoms with E-state index in [2.05, 4.69) is 29.1 Å². The van der Waals surface area contributed by atoms with Crippen LogP contribution in [0.3, 0.4) is 0 Å². The van der Waals surface area contributed by atoms with Crippen molar-refractivity contribution in [2.45, 2.75) is 19.8 Å². The lowest BCUT2D eigenvalue weighted by molar-refractivity contribution is -0.123. The highest BCUT2D eigenvalue weighted by molar-refractivity contribution is 5.97. The molecule has 1 amide bonds. The van der Waals surface area contributed by atoms with Gasteiger partial charge in [0.15, 0.2) is 0 Å². The molecule has 0 saturated carbocycles. The molecule has 1 aromatic carbocycles. The molecule has 2 heterocycles. The lowest BCUT2D eigenvalue weighted by atomic mass is 9.95. The van der Waals surface area contributed by atoms with Crippen molar-refractivity contribution in [3.8, 4) is 0 Å². The van der Waals surface area contributed by atoms with E-state index in [-0.39, 0.29) is 11.8 Å². The van der Waals surface area contributed by atoms with E-state index in [4.69, 9.17) is 0 Å². The van der Waals surface area contributed by atoms with E-state index in [1.54, 1.807) is 0 Å². The molecule has 4 nitrogen and oxygen atoms in total. The molecule has 21 heavy (non-hydrogen) atoms. The van der Waals surface area contributed by atoms with Crippen molar-refractivity contribution in [2.24, 2.45) is 5.92 Å². The summed E-state index contributed by atoms with van der Waals surface area (Å²) in [5, 5.41) is 1.15. The Labute approximate surface area is 125 Å². The Morgan fingerprint density at radius 3 is 2.81 bits per heavy atom. The number of H-pyrrole nitrogens is 1. The standard InChI is InChI=1S/C17H23N3O/c1-3-20(17(21)13-7-10-19(2)11-8-13)15-4-5-16-14(12-15)6-9-18-16/h4-6,9,12-13,18H,3,7-8,10-11H2,1-2H3. The molecule has 1 N–H and O–H groups in total. The maximum Gasteiger partial charge on any atom is 0.230 e. The van der Waals surface area contributed by atoms with Gasteiger partial charge in [-0.2, -0.15) is 0 Å². The molecule has 1 aromatic heterocycles. The van der Waals surface area contributed by atoms with Crippen LogP contribution >= 0.6 is 0 Å². The summed E-state index contributed by atoms with van der Waals surface area (Å²) in [6, 6.07) is 8.24. The Kier molecular flexibility index (Phi) is 3.97. The molecule has 0 aliphatic carbocycles. The van der Waals surface area contributed by atoms with Crippen LogP contribution in [-0.2, 0) is 4.79 Å². The number of likely N-dealkylation sites (tertiary alicyclic amines) is 1. The zero-order valence-corrected chi connectivity index (χ0v) is 12.8. The predicted octanol–water partition coefficient (Wildman–Crippen LogP) is 2.86. The number of nitrogens with one attached hydrogen (secondary N) is 1. The highest BCUT2D eigenvalue weighted by Gasteiger charge is 2.27. The number of fused-ring (bicyclic) bond motifs is 1. The van der Waals surface area contributed by atoms with Gasteiger partial charge in [-0.1, -0.05) is 0 Å². The topological polar surface area (TPSA) is 39.3 Å². The number of hydrogen-bond donors (Lipinski definition) is 1. The van der Waals surface area contributed by atoms with Crippen LogP contribution in [0.5, 0.6) is 0 Å². The van der Waals surface area contributed by atoms with Gasteiger partial charge in [-0.05, 0) is 64.2 Å². The van der Waals surface area contributed by atoms with E-state index >= 15 is 0 Å². The molecule has 112 valence electrons. The Morgan fingerprint density at radius 1 is 1.33 bits per heavy atom. The second-order valence-corrected chi connectivity index (χ2v) is 5.91. The van der Waals surface area contributed by atoms with Crippen molar-refractivity contribution in [2.75, 3.05) is 31.6 Å². The molecular formula is C17H23N3O. The number of piperidine rings is 1. The molecule has 1 fully saturated rings. The van der Waals surface area contributed by atoms with Crippen LogP contribution in [0.2, 0.25) is 0 Å². The first kappa shape index (κ1) is 14.1. The summed E-state index contributed by atoms with van der Waals surface area (Å²) >= 11 is 0. The van der Waals surface area contributed by atoms with Crippen molar-refractivity contribution >= 4 is 22.5 Å². The highest BCUT2D eigenvalue weighted by Crippen LogP contribution is 2.25. The first-order chi connectivity index (χ1) is 10.2. The third kappa shape index (κ3) is 2.81. The van der Waals surface area contributed by atoms with Gasteiger partial charge >= 0.3 is 0 Å². The van der Waals surface area contributed by atoms with Crippen molar-refractivity contribution in [3.63, 3.8) is 0 Å². The number of hydrogen-bond acceptors (Lipinski definition) is 2. The van der Waals surface area contributed by atoms with Gasteiger partial charge in [0.2, 0.25) is 5.91 Å². The van der Waals surface area contributed by atoms with Crippen molar-refractivity contribution < 1.29 is 4.79 Å². The van der Waals surface area contributed by atoms with Gasteiger partial charge < -0.3 is 14.8 Å². The molecule has 0 spiro atoms. The molecule has 4 heteroatoms. The molecule has 1 aliphatic heterocycles. The average molecular weight is 285 g/mol. The van der Waals surface area contributed by atoms with Crippen LogP contribution in [0, 0.1) is 5.92 Å². The van der Waals surface area contributed by atoms with Gasteiger partial charge in [0.1, 0.15) is 0 Å². The summed E-state index contributed by atoms with van der Waals surface area (Å²) in [6.07, 6.45) is 3.87. The van der Waals surface area contributed by atoms with Crippen LogP contribution in [0.25, 0.3) is 10.9 Å². The minimum absolute atomic E-state index is 0.170. The van der Waals surface area contributed by atoms with E-state index in [0.29, 0.717) is 0 Å². The molecule has 2 aromatic rings. The van der Waals surface area contributed by atoms with Gasteiger partial charge in [0, 0.05) is 35.2 Å². The molecule has 0 radical (unpaired) electrons. The molecule has 1 aliphatic rings. The minimum Gasteiger partial charge on any atom is -0.361 e. The fourth-order valence-electron chi connectivity index (χ4n) is 3.15. The van der Waals surface area contributed by atoms with Gasteiger partial charge in [0.25, 0.3) is 0 Å². The van der Waals surface area contributed by atoms with Gasteiger partial charge in [-0.25, -0.2) is 0 Å². The van der Waals surface area contributed by atoms with Gasteiger partial charge in [0.05, 0.1) is 0 Å². The molecule has 0 unspecified atom stereocenters. The Hall–Kier alpha value is -1.81. The third-order valence-corrected chi connectivity index (χ3v) is 4.50. The van der Waals surface area contributed by atoms with Crippen molar-refractivity contribution in [1.29, 1.82) is 0 Å². The molecule has 0 atom stereocenters. The van der Waals surface area contributed by atoms with Crippen molar-refractivity contribution in [3.05, 3.63) is 30.5 Å². The predicted molar refractivity (Wildman–Crippen MR) is 86.5 cm³/mol. The number of aromatic amines is 1. The first-order valence-electron chi connectivity index (χ1n) is 7.76. The van der Waals surface area contributed by atoms with E-state index in [1.165, 1.54) is 0 Å². The molecule has 3 rings (SSSR count). The molecule has 0 bridgehead atoms. The Bertz CT molecular complexity index is 626. The van der Waals surface area contributed by atoms with E-state index in [0.717, 1.165) is 49.1 Å². The first-order valence-corrected chi connectivity index (χ1v) is 7.76. The van der Waals surface area contributed by atoms with Crippen LogP contribution < -0.4 is 4.90 Å². The largest absolute Gasteiger partial charge is 0.361 e. The fraction of sp³-hybridized carbons (Fsp3) is 0.471. The van der Waals surface area contributed by atoms with Crippen molar-refractivity contribution in [1.82, 2.24) is 9.88 Å². The third-order valence-electron chi connectivity index (χ3n) is 4.50. The van der Waals surface area contributed by atoms with Crippen LogP contribution in [-0.4, -0.2) is 42.5 Å². The second-order valence-electron chi connectivity index (χ2n) is 5.91. The number of benzene rings is 1. The zero-order chi connectivity index (χ0) is 14.8. The normalized spacial score (nSPS) is 17.2. The molecular weight excluding hydrogens is 262 g/mol. The number of amides is 1. The SMILES string of the molecule is CCN(C(=O)C1CCN(C)CC1)c1ccc2[nH]ccc2c1. The van der Waals surface area contributed by atoms with Gasteiger partial charge in [-0.3, -0.25) is 4.79 Å². The van der Waals surface area contributed by atoms with Gasteiger partial charge in [-0.15, -0.1) is 0 Å². The van der Waals surface area contributed by atoms with Crippen LogP contribution in [0.15, 0.2) is 30.5 Å². The second kappa shape index (κ2) is 5.90. The monoisotopic (exact) mass is 285 g/mol. The zero-order valence-electron chi connectivity index (χ0n) is 12.8. The number of carbonyl (C=O) groups excluding carboxylic acids is 1. The lowest BCUT2D eigenvalue weighted by Gasteiger charge is -2.32. The summed E-state index contributed by atoms with van der Waals surface area (Å²) in [6.45, 7) is 4.81. The summed E-state index contributed by atoms with van der Waals surface area (Å²) < 4.78 is 0. The minimum atomic E-state index is 0.170. The maximum absolute atomic E-state index is 12.8. The fourth-order valence-corrected chi connectivity index (χ4v) is 3.15. The Morgan fingerprint density at radius 2 is 2.10 bits per heavy atom. The average Bonchev–Trinajstić information content (AvgIpc) is 2.96. The smallest absolute Gasteiger partial charge is 0.230 e. The summed E-state index contributed by atoms with van der Waals surface area (Å²) in [5.74, 6) is 0.448. The van der Waals surface area contributed by atoms with E-state index < -0.39 is 0 Å². The summed E-state index contributed by atoms with van der Waals surface area (Å²) in [4.78, 5) is 20.2. The lowest BCUT2D eigenvalue weighted by Crippen LogP contribution is -2.41. The number of nitrogens with zero attached hydrogens (tertiary/aromatic N) is 2. The number of anilines is 1. The Balaban J connectivity index is 1.81. The quantitative estimate of drug-likeness (QED) is 0.942. The summed E-state index contributed by atoms with van der Waals surface area (Å²) in [7, 11) is 2.12. The number of rotatable bonds is 3. The van der Waals surface area contributed by atoms with E-state index in [9.17, 15) is 4.79 Å². The van der Waals surface area contributed by atoms with E-state index in [1.807, 2.05) is 30.2 Å². The van der Waals surface area contributed by atoms with Crippen LogP contribution in [0.4, 0.5) is 5.69 Å². The summed E-state index contributed by atoms with van der Waals surface area (Å²) in [5.41, 5.74) is 2.12. The number of carbonyl (C=O) groups is 1. The van der Waals surface area contributed by atoms with Crippen LogP contribution in [0.1, 0.15) is 19.8 Å². The molecule has 1 saturated heterocycles. The number of aromatic nitrogens is 1. The maximum atomic E-state index is 12.8.